The first-order chi connectivity index (χ1) is 17.7. The summed E-state index contributed by atoms with van der Waals surface area (Å²) in [4.78, 5) is 9.13. The Bertz CT molecular complexity index is 1690. The van der Waals surface area contributed by atoms with Crippen molar-refractivity contribution in [2.24, 2.45) is 0 Å². The van der Waals surface area contributed by atoms with Crippen LogP contribution in [0, 0.1) is 12.1 Å². The second-order valence-corrected chi connectivity index (χ2v) is 8.70. The smallest absolute Gasteiger partial charge is 0.460 e. The Morgan fingerprint density at radius 3 is 2.38 bits per heavy atom. The molecule has 6 rings (SSSR count). The van der Waals surface area contributed by atoms with Crippen LogP contribution in [0.15, 0.2) is 91.3 Å². The Morgan fingerprint density at radius 2 is 1.57 bits per heavy atom. The number of aromatic nitrogens is 3. The van der Waals surface area contributed by atoms with E-state index in [1.54, 1.807) is 0 Å². The predicted molar refractivity (Wildman–Crippen MR) is 145 cm³/mol. The van der Waals surface area contributed by atoms with E-state index in [1.807, 2.05) is 54.9 Å². The third kappa shape index (κ3) is 4.70. The number of ether oxygens (including phenoxy) is 1. The Morgan fingerprint density at radius 1 is 0.757 bits per heavy atom. The van der Waals surface area contributed by atoms with Gasteiger partial charge >= 0.3 is 21.1 Å². The fourth-order valence-corrected chi connectivity index (χ4v) is 4.76. The molecule has 0 aliphatic rings. The maximum Gasteiger partial charge on any atom is 2.00 e. The number of benzene rings is 3. The fraction of sp³-hybridized carbons (Fsp3) is 0.125. The molecule has 0 aliphatic carbocycles. The van der Waals surface area contributed by atoms with Crippen LogP contribution in [0.25, 0.3) is 38.8 Å². The Balaban J connectivity index is 0.00000280. The molecule has 3 heterocycles. The van der Waals surface area contributed by atoms with Gasteiger partial charge in [0.25, 0.3) is 0 Å². The summed E-state index contributed by atoms with van der Waals surface area (Å²) in [5.41, 5.74) is 6.46. The summed E-state index contributed by atoms with van der Waals surface area (Å²) in [5, 5.41) is 2.31. The third-order valence-electron chi connectivity index (χ3n) is 6.55. The zero-order chi connectivity index (χ0) is 24.5. The van der Waals surface area contributed by atoms with Gasteiger partial charge in [0.05, 0.1) is 0 Å². The molecule has 4 nitrogen and oxygen atoms in total. The fourth-order valence-electron chi connectivity index (χ4n) is 4.76. The van der Waals surface area contributed by atoms with Gasteiger partial charge in [-0.3, -0.25) is 0 Å². The van der Waals surface area contributed by atoms with E-state index in [0.717, 1.165) is 46.2 Å². The standard InChI is InChI=1S/C32H25N3O.Pt/c1-3-22-20-32(34-21-23(22)4-2)36-26-11-9-10-24(18-26)25-15-16-28-27-12-5-6-13-29(27)35(30(28)19-25)31-14-7-8-17-33-31;/h5-17,20-21H,3-4H2,1-2H3;/q-2;+2. The molecule has 6 aromatic rings. The molecule has 184 valence electrons. The largest absolute Gasteiger partial charge is 2.00 e. The average molecular weight is 663 g/mol. The predicted octanol–water partition coefficient (Wildman–Crippen LogP) is 7.76. The maximum absolute atomic E-state index is 6.12. The second-order valence-electron chi connectivity index (χ2n) is 8.70. The molecule has 37 heavy (non-hydrogen) atoms. The summed E-state index contributed by atoms with van der Waals surface area (Å²) in [5.74, 6) is 2.09. The first kappa shape index (κ1) is 24.9. The Labute approximate surface area is 231 Å². The van der Waals surface area contributed by atoms with Gasteiger partial charge in [0.2, 0.25) is 5.88 Å². The minimum atomic E-state index is 0. The summed E-state index contributed by atoms with van der Waals surface area (Å²) >= 11 is 0. The van der Waals surface area contributed by atoms with Crippen molar-refractivity contribution < 1.29 is 25.8 Å². The van der Waals surface area contributed by atoms with E-state index in [0.29, 0.717) is 11.6 Å². The van der Waals surface area contributed by atoms with Gasteiger partial charge in [-0.25, -0.2) is 21.1 Å². The zero-order valence-corrected chi connectivity index (χ0v) is 22.9. The quantitative estimate of drug-likeness (QED) is 0.171. The van der Waals surface area contributed by atoms with Crippen LogP contribution in [0.3, 0.4) is 0 Å². The van der Waals surface area contributed by atoms with Crippen LogP contribution < -0.4 is 4.74 Å². The summed E-state index contributed by atoms with van der Waals surface area (Å²) in [6, 6.07) is 33.6. The number of hydrogen-bond donors (Lipinski definition) is 0. The topological polar surface area (TPSA) is 39.9 Å². The molecule has 0 radical (unpaired) electrons. The van der Waals surface area contributed by atoms with E-state index in [9.17, 15) is 0 Å². The monoisotopic (exact) mass is 662 g/mol. The van der Waals surface area contributed by atoms with Gasteiger partial charge in [-0.15, -0.1) is 18.2 Å². The summed E-state index contributed by atoms with van der Waals surface area (Å²) < 4.78 is 8.28. The van der Waals surface area contributed by atoms with Gasteiger partial charge in [0.1, 0.15) is 5.82 Å². The minimum absolute atomic E-state index is 0. The van der Waals surface area contributed by atoms with Gasteiger partial charge in [0, 0.05) is 29.7 Å². The first-order valence-electron chi connectivity index (χ1n) is 12.3. The molecule has 0 spiro atoms. The minimum Gasteiger partial charge on any atom is -0.460 e. The molecule has 0 N–H and O–H groups in total. The normalized spacial score (nSPS) is 11.0. The first-order valence-corrected chi connectivity index (χ1v) is 12.3. The van der Waals surface area contributed by atoms with Gasteiger partial charge in [0.15, 0.2) is 0 Å². The number of pyridine rings is 2. The van der Waals surface area contributed by atoms with Crippen molar-refractivity contribution in [1.82, 2.24) is 14.5 Å². The molecule has 3 aromatic carbocycles. The molecule has 0 saturated carbocycles. The SMILES string of the molecule is CCc1cnc(Oc2[c-]c(-c3[c-]c4c(cc3)c3ccccc3n4-c3ccccn3)ccc2)cc1CC.[Pt+2]. The van der Waals surface area contributed by atoms with Crippen molar-refractivity contribution in [2.45, 2.75) is 26.7 Å². The second kappa shape index (κ2) is 10.7. The van der Waals surface area contributed by atoms with E-state index < -0.39 is 0 Å². The number of rotatable bonds is 6. The molecule has 0 saturated heterocycles. The summed E-state index contributed by atoms with van der Waals surface area (Å²) in [6.45, 7) is 4.30. The molecule has 0 atom stereocenters. The van der Waals surface area contributed by atoms with Gasteiger partial charge < -0.3 is 9.30 Å². The van der Waals surface area contributed by atoms with Crippen LogP contribution in [0.1, 0.15) is 25.0 Å². The van der Waals surface area contributed by atoms with E-state index in [4.69, 9.17) is 4.74 Å². The zero-order valence-electron chi connectivity index (χ0n) is 20.6. The van der Waals surface area contributed by atoms with E-state index in [2.05, 4.69) is 76.9 Å². The molecule has 0 aliphatic heterocycles. The summed E-state index contributed by atoms with van der Waals surface area (Å²) in [7, 11) is 0. The number of para-hydroxylation sites is 1. The van der Waals surface area contributed by atoms with E-state index in [1.165, 1.54) is 16.5 Å². The van der Waals surface area contributed by atoms with Crippen molar-refractivity contribution in [1.29, 1.82) is 0 Å². The van der Waals surface area contributed by atoms with Crippen LogP contribution in [-0.4, -0.2) is 14.5 Å². The van der Waals surface area contributed by atoms with Crippen molar-refractivity contribution in [3.8, 4) is 28.6 Å². The van der Waals surface area contributed by atoms with Gasteiger partial charge in [-0.05, 0) is 53.1 Å². The Kier molecular flexibility index (Phi) is 7.21. The van der Waals surface area contributed by atoms with E-state index in [-0.39, 0.29) is 21.1 Å². The van der Waals surface area contributed by atoms with Crippen molar-refractivity contribution in [3.05, 3.63) is 115 Å². The van der Waals surface area contributed by atoms with Crippen molar-refractivity contribution in [3.63, 3.8) is 0 Å². The van der Waals surface area contributed by atoms with Crippen LogP contribution in [-0.2, 0) is 33.9 Å². The molecule has 3 aromatic heterocycles. The number of nitrogens with zero attached hydrogens (tertiary/aromatic N) is 3. The van der Waals surface area contributed by atoms with E-state index >= 15 is 0 Å². The number of aryl methyl sites for hydroxylation is 2. The Hall–Kier alpha value is -3.75. The average Bonchev–Trinajstić information content (AvgIpc) is 3.27. The van der Waals surface area contributed by atoms with Gasteiger partial charge in [-0.1, -0.05) is 43.5 Å². The molecular formula is C32H25N3OPt. The molecule has 5 heteroatoms. The molecule has 0 fully saturated rings. The third-order valence-corrected chi connectivity index (χ3v) is 6.55. The van der Waals surface area contributed by atoms with Crippen LogP contribution in [0.5, 0.6) is 11.6 Å². The van der Waals surface area contributed by atoms with Gasteiger partial charge in [-0.2, -0.15) is 24.3 Å². The molecular weight excluding hydrogens is 637 g/mol. The number of fused-ring (bicyclic) bond motifs is 3. The molecule has 0 unspecified atom stereocenters. The molecule has 0 bridgehead atoms. The summed E-state index contributed by atoms with van der Waals surface area (Å²) in [6.07, 6.45) is 5.65. The van der Waals surface area contributed by atoms with Crippen molar-refractivity contribution >= 4 is 21.8 Å². The maximum atomic E-state index is 6.12. The van der Waals surface area contributed by atoms with Crippen LogP contribution in [0.2, 0.25) is 0 Å². The van der Waals surface area contributed by atoms with Crippen LogP contribution in [0.4, 0.5) is 0 Å². The number of hydrogen-bond acceptors (Lipinski definition) is 3. The van der Waals surface area contributed by atoms with Crippen molar-refractivity contribution in [2.75, 3.05) is 0 Å². The molecule has 0 amide bonds. The van der Waals surface area contributed by atoms with Crippen LogP contribution >= 0.6 is 0 Å².